The first-order valence-electron chi connectivity index (χ1n) is 8.70. The minimum Gasteiger partial charge on any atom is -0.481 e. The van der Waals surface area contributed by atoms with Crippen molar-refractivity contribution in [3.63, 3.8) is 0 Å². The second-order valence-electron chi connectivity index (χ2n) is 6.30. The predicted molar refractivity (Wildman–Crippen MR) is 109 cm³/mol. The molecule has 0 heterocycles. The zero-order valence-electron chi connectivity index (χ0n) is 16.0. The highest BCUT2D eigenvalue weighted by molar-refractivity contribution is 7.89. The van der Waals surface area contributed by atoms with E-state index in [-0.39, 0.29) is 13.2 Å². The van der Waals surface area contributed by atoms with E-state index in [2.05, 4.69) is 23.1 Å². The molecular weight excluding hydrogens is 358 g/mol. The van der Waals surface area contributed by atoms with Gasteiger partial charge in [0.25, 0.3) is 0 Å². The molecule has 0 radical (unpaired) electrons. The molecule has 2 aromatic carbocycles. The van der Waals surface area contributed by atoms with Gasteiger partial charge in [-0.1, -0.05) is 53.8 Å². The van der Waals surface area contributed by atoms with E-state index >= 15 is 0 Å². The summed E-state index contributed by atoms with van der Waals surface area (Å²) in [4.78, 5) is 0.324. The molecule has 0 unspecified atom stereocenters. The molecule has 0 aromatic heterocycles. The minimum atomic E-state index is -3.60. The van der Waals surface area contributed by atoms with Gasteiger partial charge in [0.2, 0.25) is 10.0 Å². The van der Waals surface area contributed by atoms with Crippen molar-refractivity contribution in [3.05, 3.63) is 71.3 Å². The quantitative estimate of drug-likeness (QED) is 0.586. The summed E-state index contributed by atoms with van der Waals surface area (Å²) >= 11 is 0. The summed E-state index contributed by atoms with van der Waals surface area (Å²) in [5.41, 5.74) is 3.54. The van der Waals surface area contributed by atoms with Crippen molar-refractivity contribution < 1.29 is 13.2 Å². The molecule has 0 aliphatic rings. The summed E-state index contributed by atoms with van der Waals surface area (Å²) in [6.45, 7) is 9.51. The third-order valence-corrected chi connectivity index (χ3v) is 5.69. The van der Waals surface area contributed by atoms with Crippen LogP contribution in [0.15, 0.2) is 53.9 Å². The van der Waals surface area contributed by atoms with Crippen LogP contribution >= 0.6 is 0 Å². The Labute approximate surface area is 162 Å². The van der Waals surface area contributed by atoms with Crippen LogP contribution in [0.25, 0.3) is 0 Å². The zero-order valence-corrected chi connectivity index (χ0v) is 16.8. The summed E-state index contributed by atoms with van der Waals surface area (Å²) in [6, 6.07) is 11.4. The van der Waals surface area contributed by atoms with Crippen LogP contribution in [0.5, 0.6) is 5.75 Å². The van der Waals surface area contributed by atoms with E-state index < -0.39 is 10.0 Å². The lowest BCUT2D eigenvalue weighted by Crippen LogP contribution is -2.25. The van der Waals surface area contributed by atoms with Gasteiger partial charge in [0.15, 0.2) is 0 Å². The normalized spacial score (nSPS) is 10.8. The van der Waals surface area contributed by atoms with Crippen molar-refractivity contribution in [3.8, 4) is 17.6 Å². The fraction of sp³-hybridized carbons (Fsp3) is 0.273. The predicted octanol–water partition coefficient (Wildman–Crippen LogP) is 3.70. The molecule has 4 nitrogen and oxygen atoms in total. The largest absolute Gasteiger partial charge is 0.481 e. The van der Waals surface area contributed by atoms with Gasteiger partial charge in [-0.05, 0) is 49.9 Å². The van der Waals surface area contributed by atoms with E-state index in [1.54, 1.807) is 13.8 Å². The number of hydrogen-bond acceptors (Lipinski definition) is 3. The van der Waals surface area contributed by atoms with E-state index in [1.165, 1.54) is 0 Å². The average molecular weight is 384 g/mol. The van der Waals surface area contributed by atoms with Gasteiger partial charge in [0, 0.05) is 0 Å². The Morgan fingerprint density at radius 1 is 1.11 bits per heavy atom. The van der Waals surface area contributed by atoms with E-state index in [0.717, 1.165) is 34.4 Å². The first-order chi connectivity index (χ1) is 12.8. The van der Waals surface area contributed by atoms with Crippen molar-refractivity contribution in [1.82, 2.24) is 4.72 Å². The molecule has 0 amide bonds. The number of allylic oxidation sites excluding steroid dienone is 1. The Kier molecular flexibility index (Phi) is 7.23. The smallest absolute Gasteiger partial charge is 0.241 e. The highest BCUT2D eigenvalue weighted by Gasteiger charge is 2.18. The van der Waals surface area contributed by atoms with Crippen LogP contribution in [0.4, 0.5) is 0 Å². The van der Waals surface area contributed by atoms with Crippen LogP contribution in [0.3, 0.4) is 0 Å². The molecule has 27 heavy (non-hydrogen) atoms. The molecule has 0 aliphatic heterocycles. The van der Waals surface area contributed by atoms with Gasteiger partial charge in [-0.25, -0.2) is 8.42 Å². The number of nitrogens with one attached hydrogen (secondary N) is 1. The number of benzene rings is 2. The van der Waals surface area contributed by atoms with Crippen LogP contribution in [0.1, 0.15) is 22.3 Å². The van der Waals surface area contributed by atoms with Crippen molar-refractivity contribution in [2.45, 2.75) is 32.1 Å². The van der Waals surface area contributed by atoms with Crippen molar-refractivity contribution in [2.75, 3.05) is 13.2 Å². The molecule has 5 heteroatoms. The highest BCUT2D eigenvalue weighted by Crippen LogP contribution is 2.21. The Hall–Kier alpha value is -2.55. The first-order valence-corrected chi connectivity index (χ1v) is 10.2. The molecule has 0 saturated carbocycles. The van der Waals surface area contributed by atoms with Crippen LogP contribution in [-0.4, -0.2) is 21.6 Å². The molecule has 0 fully saturated rings. The second-order valence-corrected chi connectivity index (χ2v) is 8.00. The molecule has 0 spiro atoms. The molecule has 0 aliphatic carbocycles. The maximum Gasteiger partial charge on any atom is 0.241 e. The van der Waals surface area contributed by atoms with E-state index in [4.69, 9.17) is 4.74 Å². The number of ether oxygens (including phenoxy) is 1. The average Bonchev–Trinajstić information content (AvgIpc) is 2.58. The molecule has 2 rings (SSSR count). The Balaban J connectivity index is 1.95. The Morgan fingerprint density at radius 3 is 2.44 bits per heavy atom. The lowest BCUT2D eigenvalue weighted by Gasteiger charge is -2.11. The van der Waals surface area contributed by atoms with Crippen LogP contribution in [0, 0.1) is 32.6 Å². The first kappa shape index (κ1) is 20.8. The van der Waals surface area contributed by atoms with Gasteiger partial charge >= 0.3 is 0 Å². The number of sulfonamides is 1. The van der Waals surface area contributed by atoms with Gasteiger partial charge in [-0.3, -0.25) is 0 Å². The van der Waals surface area contributed by atoms with Crippen molar-refractivity contribution >= 4 is 10.0 Å². The highest BCUT2D eigenvalue weighted by atomic mass is 32.2. The van der Waals surface area contributed by atoms with Crippen LogP contribution in [0.2, 0.25) is 0 Å². The van der Waals surface area contributed by atoms with E-state index in [0.29, 0.717) is 4.90 Å². The molecule has 142 valence electrons. The summed E-state index contributed by atoms with van der Waals surface area (Å²) in [7, 11) is -3.60. The molecule has 2 aromatic rings. The molecule has 0 bridgehead atoms. The molecule has 0 atom stereocenters. The van der Waals surface area contributed by atoms with Crippen LogP contribution in [-0.2, 0) is 16.4 Å². The number of hydrogen-bond donors (Lipinski definition) is 1. The standard InChI is InChI=1S/C22H25NO3S/c1-5-10-20-11-6-7-12-21(20)26-14-9-8-13-23-27(24,25)22-18(3)15-17(2)16-19(22)4/h5-7,11-12,15-16,23H,1,10,13-14H2,2-4H3. The number of aryl methyl sites for hydroxylation is 3. The monoisotopic (exact) mass is 383 g/mol. The fourth-order valence-corrected chi connectivity index (χ4v) is 4.36. The van der Waals surface area contributed by atoms with Gasteiger partial charge in [-0.15, -0.1) is 6.58 Å². The second kappa shape index (κ2) is 9.40. The molecular formula is C22H25NO3S. The topological polar surface area (TPSA) is 55.4 Å². The Morgan fingerprint density at radius 2 is 1.78 bits per heavy atom. The lowest BCUT2D eigenvalue weighted by molar-refractivity contribution is 0.366. The summed E-state index contributed by atoms with van der Waals surface area (Å²) < 4.78 is 33.3. The number of para-hydroxylation sites is 1. The van der Waals surface area contributed by atoms with Gasteiger partial charge < -0.3 is 4.74 Å². The van der Waals surface area contributed by atoms with E-state index in [9.17, 15) is 8.42 Å². The fourth-order valence-electron chi connectivity index (χ4n) is 2.99. The van der Waals surface area contributed by atoms with E-state index in [1.807, 2.05) is 49.4 Å². The Bertz CT molecular complexity index is 959. The van der Waals surface area contributed by atoms with Crippen molar-refractivity contribution in [1.29, 1.82) is 0 Å². The summed E-state index contributed by atoms with van der Waals surface area (Å²) in [6.07, 6.45) is 2.54. The lowest BCUT2D eigenvalue weighted by atomic mass is 10.1. The van der Waals surface area contributed by atoms with Crippen molar-refractivity contribution in [2.24, 2.45) is 0 Å². The van der Waals surface area contributed by atoms with Gasteiger partial charge in [0.1, 0.15) is 12.4 Å². The molecule has 1 N–H and O–H groups in total. The zero-order chi connectivity index (χ0) is 19.9. The van der Waals surface area contributed by atoms with Gasteiger partial charge in [0.05, 0.1) is 11.4 Å². The summed E-state index contributed by atoms with van der Waals surface area (Å²) in [5, 5.41) is 0. The maximum absolute atomic E-state index is 12.5. The van der Waals surface area contributed by atoms with Crippen LogP contribution < -0.4 is 9.46 Å². The minimum absolute atomic E-state index is 0.0345. The maximum atomic E-state index is 12.5. The third-order valence-electron chi connectivity index (χ3n) is 3.99. The van der Waals surface area contributed by atoms with Gasteiger partial charge in [-0.2, -0.15) is 4.72 Å². The number of rotatable bonds is 7. The third kappa shape index (κ3) is 5.72. The SMILES string of the molecule is C=CCc1ccccc1OCC#CCNS(=O)(=O)c1c(C)cc(C)cc1C. The molecule has 0 saturated heterocycles. The summed E-state index contributed by atoms with van der Waals surface area (Å²) in [5.74, 6) is 6.40.